The van der Waals surface area contributed by atoms with Gasteiger partial charge in [0.05, 0.1) is 6.10 Å². The van der Waals surface area contributed by atoms with E-state index in [1.807, 2.05) is 12.1 Å². The van der Waals surface area contributed by atoms with Crippen LogP contribution in [0, 0.1) is 13.8 Å². The molecule has 0 amide bonds. The van der Waals surface area contributed by atoms with Gasteiger partial charge in [-0.3, -0.25) is 0 Å². The first-order valence-electron chi connectivity index (χ1n) is 6.36. The Balaban J connectivity index is 2.27. The highest BCUT2D eigenvalue weighted by Crippen LogP contribution is 2.42. The summed E-state index contributed by atoms with van der Waals surface area (Å²) in [7, 11) is 0. The molecule has 0 aliphatic carbocycles. The zero-order chi connectivity index (χ0) is 12.5. The van der Waals surface area contributed by atoms with Crippen LogP contribution in [-0.4, -0.2) is 11.9 Å². The van der Waals surface area contributed by atoms with Crippen LogP contribution in [0.25, 0.3) is 0 Å². The van der Waals surface area contributed by atoms with E-state index in [1.165, 1.54) is 11.1 Å². The number of hydrogen-bond donors (Lipinski definition) is 0. The number of rotatable bonds is 3. The van der Waals surface area contributed by atoms with Gasteiger partial charge in [0.2, 0.25) is 0 Å². The highest BCUT2D eigenvalue weighted by molar-refractivity contribution is 5.29. The maximum atomic E-state index is 6.14. The summed E-state index contributed by atoms with van der Waals surface area (Å²) in [6.45, 7) is 10.4. The van der Waals surface area contributed by atoms with Crippen LogP contribution in [0.3, 0.4) is 0 Å². The molecule has 17 heavy (non-hydrogen) atoms. The fourth-order valence-electron chi connectivity index (χ4n) is 2.43. The molecule has 0 aromatic heterocycles. The van der Waals surface area contributed by atoms with Crippen LogP contribution >= 0.6 is 0 Å². The average Bonchev–Trinajstić information content (AvgIpc) is 2.68. The average molecular weight is 233 g/mol. The van der Waals surface area contributed by atoms with Gasteiger partial charge in [-0.05, 0) is 37.8 Å². The zero-order valence-corrected chi connectivity index (χ0v) is 10.9. The van der Waals surface area contributed by atoms with Gasteiger partial charge in [-0.15, -0.1) is 0 Å². The van der Waals surface area contributed by atoms with E-state index in [2.05, 4.69) is 39.8 Å². The van der Waals surface area contributed by atoms with Crippen molar-refractivity contribution in [2.75, 3.05) is 0 Å². The fraction of sp³-hybridized carbons (Fsp3) is 0.533. The molecule has 2 atom stereocenters. The third-order valence-electron chi connectivity index (χ3n) is 3.62. The smallest absolute Gasteiger partial charge is 0.169 e. The molecule has 1 aliphatic heterocycles. The summed E-state index contributed by atoms with van der Waals surface area (Å²) in [5.74, 6) is -0.445. The molecule has 1 aromatic rings. The molecule has 0 N–H and O–H groups in total. The minimum atomic E-state index is -0.445. The van der Waals surface area contributed by atoms with Crippen LogP contribution in [0.1, 0.15) is 43.9 Å². The van der Waals surface area contributed by atoms with E-state index in [0.717, 1.165) is 12.8 Å². The Labute approximate surface area is 104 Å². The summed E-state index contributed by atoms with van der Waals surface area (Å²) in [4.78, 5) is 0. The Morgan fingerprint density at radius 3 is 2.35 bits per heavy atom. The maximum Gasteiger partial charge on any atom is 0.169 e. The van der Waals surface area contributed by atoms with Gasteiger partial charge in [-0.25, -0.2) is 0 Å². The van der Waals surface area contributed by atoms with Gasteiger partial charge in [0, 0.05) is 0 Å². The first-order valence-corrected chi connectivity index (χ1v) is 6.36. The highest BCUT2D eigenvalue weighted by atomic mass is 16.8. The van der Waals surface area contributed by atoms with Gasteiger partial charge in [0.25, 0.3) is 0 Å². The van der Waals surface area contributed by atoms with Crippen molar-refractivity contribution in [3.05, 3.63) is 42.3 Å². The Kier molecular flexibility index (Phi) is 3.55. The summed E-state index contributed by atoms with van der Waals surface area (Å²) in [5.41, 5.74) is 2.43. The lowest BCUT2D eigenvalue weighted by molar-refractivity contribution is -0.177. The van der Waals surface area contributed by atoms with Gasteiger partial charge < -0.3 is 9.47 Å². The van der Waals surface area contributed by atoms with Gasteiger partial charge in [0.1, 0.15) is 6.10 Å². The van der Waals surface area contributed by atoms with Crippen molar-refractivity contribution >= 4 is 0 Å². The summed E-state index contributed by atoms with van der Waals surface area (Å²) in [6.07, 6.45) is 1.54. The Morgan fingerprint density at radius 2 is 1.82 bits per heavy atom. The standard InChI is InChI=1S/C15H21O2/c1-5-15(6-2)16-12(4)14(17-15)13-10-8-7-9-11(13)3/h7-10,12,14H,4-6H2,1-3H3/t12-,14+/m1/s1. The third-order valence-corrected chi connectivity index (χ3v) is 3.62. The van der Waals surface area contributed by atoms with Crippen LogP contribution < -0.4 is 0 Å². The van der Waals surface area contributed by atoms with Crippen LogP contribution in [0.5, 0.6) is 0 Å². The van der Waals surface area contributed by atoms with E-state index in [0.29, 0.717) is 0 Å². The first kappa shape index (κ1) is 12.6. The molecule has 0 spiro atoms. The second-order valence-electron chi connectivity index (χ2n) is 4.67. The van der Waals surface area contributed by atoms with E-state index in [-0.39, 0.29) is 12.2 Å². The van der Waals surface area contributed by atoms with Gasteiger partial charge in [-0.2, -0.15) is 0 Å². The molecule has 93 valence electrons. The van der Waals surface area contributed by atoms with E-state index in [1.54, 1.807) is 0 Å². The predicted octanol–water partition coefficient (Wildman–Crippen LogP) is 3.80. The summed E-state index contributed by atoms with van der Waals surface area (Å²) in [6, 6.07) is 8.28. The molecule has 2 heteroatoms. The Bertz CT molecular complexity index is 382. The van der Waals surface area contributed by atoms with Gasteiger partial charge >= 0.3 is 0 Å². The lowest BCUT2D eigenvalue weighted by atomic mass is 10.0. The Hall–Kier alpha value is -0.860. The van der Waals surface area contributed by atoms with Crippen LogP contribution in [0.15, 0.2) is 24.3 Å². The van der Waals surface area contributed by atoms with E-state index < -0.39 is 5.79 Å². The molecule has 1 aromatic carbocycles. The normalized spacial score (nSPS) is 27.3. The summed E-state index contributed by atoms with van der Waals surface area (Å²) < 4.78 is 12.1. The minimum Gasteiger partial charge on any atom is -0.344 e. The molecule has 1 heterocycles. The highest BCUT2D eigenvalue weighted by Gasteiger charge is 2.44. The van der Waals surface area contributed by atoms with Crippen molar-refractivity contribution in [2.24, 2.45) is 0 Å². The SMILES string of the molecule is [CH2][C@H]1OC(CC)(CC)O[C@@H]1c1ccccc1C. The summed E-state index contributed by atoms with van der Waals surface area (Å²) in [5, 5.41) is 0. The molecule has 0 unspecified atom stereocenters. The largest absolute Gasteiger partial charge is 0.344 e. The number of ether oxygens (including phenoxy) is 2. The van der Waals surface area contributed by atoms with Gasteiger partial charge in [-0.1, -0.05) is 38.1 Å². The van der Waals surface area contributed by atoms with Crippen molar-refractivity contribution < 1.29 is 9.47 Å². The quantitative estimate of drug-likeness (QED) is 0.790. The second-order valence-corrected chi connectivity index (χ2v) is 4.67. The number of aryl methyl sites for hydroxylation is 1. The number of benzene rings is 1. The molecule has 2 rings (SSSR count). The monoisotopic (exact) mass is 233 g/mol. The van der Waals surface area contributed by atoms with Crippen molar-refractivity contribution in [3.8, 4) is 0 Å². The van der Waals surface area contributed by atoms with E-state index in [9.17, 15) is 0 Å². The zero-order valence-electron chi connectivity index (χ0n) is 10.9. The minimum absolute atomic E-state index is 0.0453. The molecule has 0 saturated carbocycles. The first-order chi connectivity index (χ1) is 8.12. The lowest BCUT2D eigenvalue weighted by Crippen LogP contribution is -2.28. The Morgan fingerprint density at radius 1 is 1.18 bits per heavy atom. The molecule has 1 fully saturated rings. The third kappa shape index (κ3) is 2.24. The van der Waals surface area contributed by atoms with Crippen molar-refractivity contribution in [1.82, 2.24) is 0 Å². The maximum absolute atomic E-state index is 6.14. The molecule has 0 bridgehead atoms. The van der Waals surface area contributed by atoms with Crippen LogP contribution in [0.2, 0.25) is 0 Å². The molecular weight excluding hydrogens is 212 g/mol. The van der Waals surface area contributed by atoms with Crippen molar-refractivity contribution in [1.29, 1.82) is 0 Å². The number of hydrogen-bond acceptors (Lipinski definition) is 2. The van der Waals surface area contributed by atoms with E-state index >= 15 is 0 Å². The molecule has 1 aliphatic rings. The summed E-state index contributed by atoms with van der Waals surface area (Å²) >= 11 is 0. The lowest BCUT2D eigenvalue weighted by Gasteiger charge is -2.25. The molecular formula is C15H21O2. The predicted molar refractivity (Wildman–Crippen MR) is 68.5 cm³/mol. The molecule has 2 nitrogen and oxygen atoms in total. The fourth-order valence-corrected chi connectivity index (χ4v) is 2.43. The van der Waals surface area contributed by atoms with Gasteiger partial charge in [0.15, 0.2) is 5.79 Å². The topological polar surface area (TPSA) is 18.5 Å². The second kappa shape index (κ2) is 4.79. The van der Waals surface area contributed by atoms with Crippen molar-refractivity contribution in [3.63, 3.8) is 0 Å². The van der Waals surface area contributed by atoms with Crippen LogP contribution in [0.4, 0.5) is 0 Å². The van der Waals surface area contributed by atoms with Crippen molar-refractivity contribution in [2.45, 2.75) is 51.6 Å². The van der Waals surface area contributed by atoms with Crippen LogP contribution in [-0.2, 0) is 9.47 Å². The molecule has 1 radical (unpaired) electrons. The van der Waals surface area contributed by atoms with E-state index in [4.69, 9.17) is 9.47 Å². The molecule has 1 saturated heterocycles.